The quantitative estimate of drug-likeness (QED) is 0.664. The minimum atomic E-state index is 0.0596. The van der Waals surface area contributed by atoms with Crippen molar-refractivity contribution in [1.82, 2.24) is 10.2 Å². The van der Waals surface area contributed by atoms with Crippen LogP contribution in [0.4, 0.5) is 0 Å². The van der Waals surface area contributed by atoms with E-state index in [0.29, 0.717) is 5.92 Å². The fourth-order valence-electron chi connectivity index (χ4n) is 2.15. The molecule has 0 aromatic heterocycles. The van der Waals surface area contributed by atoms with Crippen LogP contribution in [0.5, 0.6) is 0 Å². The Morgan fingerprint density at radius 3 is 3.21 bits per heavy atom. The lowest BCUT2D eigenvalue weighted by atomic mass is 10.1. The summed E-state index contributed by atoms with van der Waals surface area (Å²) in [5, 5.41) is 12.2. The predicted octanol–water partition coefficient (Wildman–Crippen LogP) is -0.180. The summed E-state index contributed by atoms with van der Waals surface area (Å²) in [4.78, 5) is 2.29. The van der Waals surface area contributed by atoms with Crippen molar-refractivity contribution in [2.45, 2.75) is 12.5 Å². The molecule has 0 spiro atoms. The molecule has 0 amide bonds. The van der Waals surface area contributed by atoms with Crippen molar-refractivity contribution in [2.24, 2.45) is 5.92 Å². The van der Waals surface area contributed by atoms with E-state index in [9.17, 15) is 0 Å². The molecule has 0 aliphatic carbocycles. The van der Waals surface area contributed by atoms with E-state index < -0.39 is 0 Å². The van der Waals surface area contributed by atoms with Gasteiger partial charge < -0.3 is 10.1 Å². The molecule has 0 aromatic rings. The summed E-state index contributed by atoms with van der Waals surface area (Å²) >= 11 is 0. The van der Waals surface area contributed by atoms with Crippen molar-refractivity contribution in [3.05, 3.63) is 0 Å². The van der Waals surface area contributed by atoms with Crippen LogP contribution in [-0.4, -0.2) is 50.3 Å². The lowest BCUT2D eigenvalue weighted by Gasteiger charge is -2.33. The highest BCUT2D eigenvalue weighted by molar-refractivity contribution is 4.96. The molecule has 2 saturated heterocycles. The molecule has 4 nitrogen and oxygen atoms in total. The topological polar surface area (TPSA) is 48.3 Å². The van der Waals surface area contributed by atoms with Crippen LogP contribution in [0.25, 0.3) is 0 Å². The number of ether oxygens (including phenoxy) is 1. The molecule has 2 fully saturated rings. The number of nitriles is 1. The van der Waals surface area contributed by atoms with E-state index in [-0.39, 0.29) is 6.04 Å². The Balaban J connectivity index is 1.84. The van der Waals surface area contributed by atoms with Gasteiger partial charge in [-0.2, -0.15) is 5.26 Å². The molecule has 2 aliphatic rings. The predicted molar refractivity (Wildman–Crippen MR) is 52.8 cm³/mol. The van der Waals surface area contributed by atoms with Crippen LogP contribution in [0.15, 0.2) is 0 Å². The zero-order chi connectivity index (χ0) is 9.80. The molecule has 2 rings (SSSR count). The Morgan fingerprint density at radius 1 is 1.57 bits per heavy atom. The first-order chi connectivity index (χ1) is 6.90. The van der Waals surface area contributed by atoms with E-state index >= 15 is 0 Å². The molecule has 78 valence electrons. The third kappa shape index (κ3) is 2.24. The minimum absolute atomic E-state index is 0.0596. The maximum Gasteiger partial charge on any atom is 0.110 e. The van der Waals surface area contributed by atoms with Gasteiger partial charge in [0.05, 0.1) is 12.7 Å². The van der Waals surface area contributed by atoms with Crippen molar-refractivity contribution in [2.75, 3.05) is 39.4 Å². The smallest absolute Gasteiger partial charge is 0.110 e. The lowest BCUT2D eigenvalue weighted by molar-refractivity contribution is 0.144. The van der Waals surface area contributed by atoms with Crippen LogP contribution in [0, 0.1) is 17.2 Å². The zero-order valence-electron chi connectivity index (χ0n) is 8.41. The Kier molecular flexibility index (Phi) is 3.35. The molecular formula is C10H17N3O. The summed E-state index contributed by atoms with van der Waals surface area (Å²) in [5.41, 5.74) is 0. The summed E-state index contributed by atoms with van der Waals surface area (Å²) in [5.74, 6) is 0.643. The maximum atomic E-state index is 8.97. The number of rotatable bonds is 2. The van der Waals surface area contributed by atoms with Crippen LogP contribution in [0.2, 0.25) is 0 Å². The molecule has 2 atom stereocenters. The summed E-state index contributed by atoms with van der Waals surface area (Å²) in [7, 11) is 0. The Labute approximate surface area is 84.8 Å². The van der Waals surface area contributed by atoms with Gasteiger partial charge in [-0.15, -0.1) is 0 Å². The zero-order valence-corrected chi connectivity index (χ0v) is 8.41. The Morgan fingerprint density at radius 2 is 2.50 bits per heavy atom. The maximum absolute atomic E-state index is 8.97. The Bertz CT molecular complexity index is 220. The molecular weight excluding hydrogens is 178 g/mol. The molecule has 2 unspecified atom stereocenters. The summed E-state index contributed by atoms with van der Waals surface area (Å²) in [6.07, 6.45) is 1.15. The van der Waals surface area contributed by atoms with Crippen molar-refractivity contribution < 1.29 is 4.74 Å². The van der Waals surface area contributed by atoms with Gasteiger partial charge in [-0.3, -0.25) is 4.90 Å². The van der Waals surface area contributed by atoms with Gasteiger partial charge in [0.15, 0.2) is 0 Å². The van der Waals surface area contributed by atoms with E-state index in [1.165, 1.54) is 0 Å². The molecule has 1 N–H and O–H groups in total. The van der Waals surface area contributed by atoms with Gasteiger partial charge in [0.2, 0.25) is 0 Å². The highest BCUT2D eigenvalue weighted by Crippen LogP contribution is 2.15. The SMILES string of the molecule is N#CC1CNCCN1CC1CCOC1. The van der Waals surface area contributed by atoms with Gasteiger partial charge in [0.1, 0.15) is 6.04 Å². The monoisotopic (exact) mass is 195 g/mol. The fourth-order valence-corrected chi connectivity index (χ4v) is 2.15. The van der Waals surface area contributed by atoms with E-state index in [4.69, 9.17) is 10.00 Å². The van der Waals surface area contributed by atoms with Crippen molar-refractivity contribution in [3.63, 3.8) is 0 Å². The lowest BCUT2D eigenvalue weighted by Crippen LogP contribution is -2.51. The van der Waals surface area contributed by atoms with Gasteiger partial charge in [-0.1, -0.05) is 0 Å². The van der Waals surface area contributed by atoms with Gasteiger partial charge in [0, 0.05) is 32.8 Å². The number of hydrogen-bond acceptors (Lipinski definition) is 4. The average Bonchev–Trinajstić information content (AvgIpc) is 2.71. The van der Waals surface area contributed by atoms with Crippen LogP contribution in [0.3, 0.4) is 0 Å². The third-order valence-electron chi connectivity index (χ3n) is 3.02. The van der Waals surface area contributed by atoms with Gasteiger partial charge in [0.25, 0.3) is 0 Å². The molecule has 0 saturated carbocycles. The van der Waals surface area contributed by atoms with Crippen molar-refractivity contribution in [3.8, 4) is 6.07 Å². The van der Waals surface area contributed by atoms with Gasteiger partial charge >= 0.3 is 0 Å². The third-order valence-corrected chi connectivity index (χ3v) is 3.02. The van der Waals surface area contributed by atoms with Crippen LogP contribution >= 0.6 is 0 Å². The summed E-state index contributed by atoms with van der Waals surface area (Å²) in [6, 6.07) is 2.41. The van der Waals surface area contributed by atoms with Gasteiger partial charge in [-0.05, 0) is 12.3 Å². The summed E-state index contributed by atoms with van der Waals surface area (Å²) < 4.78 is 5.34. The first-order valence-corrected chi connectivity index (χ1v) is 5.32. The van der Waals surface area contributed by atoms with E-state index in [0.717, 1.165) is 45.8 Å². The van der Waals surface area contributed by atoms with Crippen molar-refractivity contribution >= 4 is 0 Å². The van der Waals surface area contributed by atoms with Crippen LogP contribution in [-0.2, 0) is 4.74 Å². The molecule has 4 heteroatoms. The fraction of sp³-hybridized carbons (Fsp3) is 0.900. The average molecular weight is 195 g/mol. The molecule has 2 heterocycles. The second kappa shape index (κ2) is 4.74. The van der Waals surface area contributed by atoms with Crippen molar-refractivity contribution in [1.29, 1.82) is 5.26 Å². The Hall–Kier alpha value is -0.630. The number of piperazine rings is 1. The number of nitrogens with one attached hydrogen (secondary N) is 1. The normalized spacial score (nSPS) is 34.2. The number of nitrogens with zero attached hydrogens (tertiary/aromatic N) is 2. The number of hydrogen-bond donors (Lipinski definition) is 1. The second-order valence-corrected chi connectivity index (χ2v) is 4.07. The molecule has 0 bridgehead atoms. The minimum Gasteiger partial charge on any atom is -0.381 e. The molecule has 14 heavy (non-hydrogen) atoms. The standard InChI is InChI=1S/C10H17N3O/c11-5-10-6-12-2-3-13(10)7-9-1-4-14-8-9/h9-10,12H,1-4,6-8H2. The molecule has 0 radical (unpaired) electrons. The van der Waals surface area contributed by atoms with Gasteiger partial charge in [-0.25, -0.2) is 0 Å². The second-order valence-electron chi connectivity index (χ2n) is 4.07. The molecule has 2 aliphatic heterocycles. The van der Waals surface area contributed by atoms with E-state index in [2.05, 4.69) is 16.3 Å². The molecule has 0 aromatic carbocycles. The van der Waals surface area contributed by atoms with Crippen LogP contribution < -0.4 is 5.32 Å². The first kappa shape index (κ1) is 9.91. The largest absolute Gasteiger partial charge is 0.381 e. The first-order valence-electron chi connectivity index (χ1n) is 5.32. The van der Waals surface area contributed by atoms with E-state index in [1.54, 1.807) is 0 Å². The highest BCUT2D eigenvalue weighted by atomic mass is 16.5. The van der Waals surface area contributed by atoms with E-state index in [1.807, 2.05) is 0 Å². The highest BCUT2D eigenvalue weighted by Gasteiger charge is 2.26. The summed E-state index contributed by atoms with van der Waals surface area (Å²) in [6.45, 7) is 5.61. The van der Waals surface area contributed by atoms with Crippen LogP contribution in [0.1, 0.15) is 6.42 Å².